The van der Waals surface area contributed by atoms with Crippen LogP contribution >= 0.6 is 0 Å². The first-order valence-electron chi connectivity index (χ1n) is 12.1. The molecule has 9 heteroatoms. The van der Waals surface area contributed by atoms with Gasteiger partial charge in [0.1, 0.15) is 11.5 Å². The lowest BCUT2D eigenvalue weighted by molar-refractivity contribution is -0.123. The predicted octanol–water partition coefficient (Wildman–Crippen LogP) is 4.56. The summed E-state index contributed by atoms with van der Waals surface area (Å²) < 4.78 is 22.2. The molecule has 1 amide bonds. The second-order valence-electron chi connectivity index (χ2n) is 8.99. The van der Waals surface area contributed by atoms with E-state index in [-0.39, 0.29) is 29.9 Å². The van der Waals surface area contributed by atoms with Crippen LogP contribution in [-0.2, 0) is 4.79 Å². The van der Waals surface area contributed by atoms with E-state index < -0.39 is 0 Å². The van der Waals surface area contributed by atoms with E-state index in [0.717, 1.165) is 11.3 Å². The lowest BCUT2D eigenvalue weighted by Gasteiger charge is -2.15. The Bertz CT molecular complexity index is 1680. The Morgan fingerprint density at radius 3 is 2.53 bits per heavy atom. The van der Waals surface area contributed by atoms with Crippen LogP contribution in [0.4, 0.5) is 4.39 Å². The average Bonchev–Trinajstić information content (AvgIpc) is 3.29. The third-order valence-corrected chi connectivity index (χ3v) is 6.25. The number of rotatable bonds is 7. The van der Waals surface area contributed by atoms with E-state index in [1.165, 1.54) is 16.5 Å². The van der Waals surface area contributed by atoms with Gasteiger partial charge in [-0.1, -0.05) is 30.3 Å². The van der Waals surface area contributed by atoms with E-state index in [4.69, 9.17) is 4.74 Å². The van der Waals surface area contributed by atoms with Gasteiger partial charge in [0.15, 0.2) is 18.0 Å². The van der Waals surface area contributed by atoms with Crippen LogP contribution in [0.2, 0.25) is 0 Å². The van der Waals surface area contributed by atoms with Crippen LogP contribution in [0.1, 0.15) is 29.9 Å². The maximum absolute atomic E-state index is 13.5. The van der Waals surface area contributed by atoms with Crippen molar-refractivity contribution in [2.24, 2.45) is 0 Å². The van der Waals surface area contributed by atoms with Gasteiger partial charge in [-0.15, -0.1) is 0 Å². The Morgan fingerprint density at radius 2 is 1.79 bits per heavy atom. The molecule has 0 saturated carbocycles. The minimum atomic E-state index is -0.340. The van der Waals surface area contributed by atoms with Gasteiger partial charge in [0.2, 0.25) is 0 Å². The van der Waals surface area contributed by atoms with Crippen LogP contribution in [0.3, 0.4) is 0 Å². The number of pyridine rings is 1. The normalized spacial score (nSPS) is 11.9. The van der Waals surface area contributed by atoms with Gasteiger partial charge >= 0.3 is 0 Å². The highest BCUT2D eigenvalue weighted by molar-refractivity contribution is 5.78. The van der Waals surface area contributed by atoms with Gasteiger partial charge in [0.05, 0.1) is 23.0 Å². The van der Waals surface area contributed by atoms with Crippen LogP contribution < -0.4 is 15.6 Å². The molecule has 5 rings (SSSR count). The molecule has 3 heterocycles. The van der Waals surface area contributed by atoms with Crippen LogP contribution in [-0.4, -0.2) is 31.7 Å². The summed E-state index contributed by atoms with van der Waals surface area (Å²) in [7, 11) is 0. The van der Waals surface area contributed by atoms with E-state index in [1.54, 1.807) is 48.1 Å². The predicted molar refractivity (Wildman–Crippen MR) is 142 cm³/mol. The van der Waals surface area contributed by atoms with Crippen molar-refractivity contribution >= 4 is 11.6 Å². The Hall–Kier alpha value is -4.79. The second-order valence-corrected chi connectivity index (χ2v) is 8.99. The molecule has 192 valence electrons. The molecule has 8 nitrogen and oxygen atoms in total. The minimum absolute atomic E-state index is 0.177. The van der Waals surface area contributed by atoms with Gasteiger partial charge in [-0.2, -0.15) is 5.10 Å². The monoisotopic (exact) mass is 511 g/mol. The first-order valence-corrected chi connectivity index (χ1v) is 12.1. The molecule has 0 fully saturated rings. The van der Waals surface area contributed by atoms with Crippen molar-refractivity contribution in [3.05, 3.63) is 112 Å². The van der Waals surface area contributed by atoms with E-state index in [9.17, 15) is 14.0 Å². The summed E-state index contributed by atoms with van der Waals surface area (Å²) in [5, 5.41) is 7.51. The van der Waals surface area contributed by atoms with Gasteiger partial charge in [0, 0.05) is 11.9 Å². The fourth-order valence-corrected chi connectivity index (χ4v) is 4.34. The zero-order chi connectivity index (χ0) is 26.8. The summed E-state index contributed by atoms with van der Waals surface area (Å²) in [4.78, 5) is 30.7. The average molecular weight is 512 g/mol. The number of fused-ring (bicyclic) bond motifs is 1. The van der Waals surface area contributed by atoms with E-state index in [0.29, 0.717) is 34.0 Å². The number of ether oxygens (including phenoxy) is 1. The summed E-state index contributed by atoms with van der Waals surface area (Å²) in [6.45, 7) is 5.26. The quantitative estimate of drug-likeness (QED) is 0.346. The molecule has 3 aromatic heterocycles. The number of nitrogens with zero attached hydrogens (tertiary/aromatic N) is 4. The van der Waals surface area contributed by atoms with Gasteiger partial charge in [-0.05, 0) is 68.8 Å². The number of benzene rings is 2. The van der Waals surface area contributed by atoms with Crippen molar-refractivity contribution in [3.63, 3.8) is 0 Å². The summed E-state index contributed by atoms with van der Waals surface area (Å²) >= 11 is 0. The maximum Gasteiger partial charge on any atom is 0.267 e. The molecule has 0 aliphatic heterocycles. The number of amides is 1. The van der Waals surface area contributed by atoms with E-state index in [1.807, 2.05) is 44.2 Å². The molecule has 5 aromatic rings. The molecule has 0 saturated heterocycles. The largest absolute Gasteiger partial charge is 0.480 e. The molecular weight excluding hydrogens is 485 g/mol. The van der Waals surface area contributed by atoms with Gasteiger partial charge in [0.25, 0.3) is 11.5 Å². The number of carbonyl (C=O) groups excluding carboxylic acids is 1. The first-order chi connectivity index (χ1) is 18.3. The molecular formula is C29H26FN5O3. The Balaban J connectivity index is 1.41. The topological polar surface area (TPSA) is 90.5 Å². The highest BCUT2D eigenvalue weighted by Gasteiger charge is 2.19. The number of hydrogen-bond donors (Lipinski definition) is 1. The fourth-order valence-electron chi connectivity index (χ4n) is 4.34. The third kappa shape index (κ3) is 4.90. The zero-order valence-electron chi connectivity index (χ0n) is 21.2. The number of aryl methyl sites for hydroxylation is 2. The van der Waals surface area contributed by atoms with E-state index >= 15 is 0 Å². The zero-order valence-corrected chi connectivity index (χ0v) is 21.2. The standard InChI is InChI=1S/C29H26FN5O3/c1-18-16-24(33-35(18)23-13-11-22(30)12-14-23)27-20(3)32-28-25(10-7-15-34(28)29(27)37)38-17-26(36)31-19(2)21-8-5-4-6-9-21/h4-16,19H,17H2,1-3H3,(H,31,36). The van der Waals surface area contributed by atoms with Crippen molar-refractivity contribution in [3.8, 4) is 22.7 Å². The van der Waals surface area contributed by atoms with Gasteiger partial charge in [-0.25, -0.2) is 14.1 Å². The van der Waals surface area contributed by atoms with Crippen LogP contribution in [0.5, 0.6) is 5.75 Å². The SMILES string of the molecule is Cc1nc2c(OCC(=O)NC(C)c3ccccc3)cccn2c(=O)c1-c1cc(C)n(-c2ccc(F)cc2)n1. The highest BCUT2D eigenvalue weighted by atomic mass is 19.1. The summed E-state index contributed by atoms with van der Waals surface area (Å²) in [6.07, 6.45) is 1.60. The first kappa shape index (κ1) is 24.9. The van der Waals surface area contributed by atoms with Crippen molar-refractivity contribution < 1.29 is 13.9 Å². The van der Waals surface area contributed by atoms with Crippen LogP contribution in [0.15, 0.2) is 83.8 Å². The van der Waals surface area contributed by atoms with Crippen LogP contribution in [0, 0.1) is 19.7 Å². The molecule has 2 aromatic carbocycles. The molecule has 0 aliphatic carbocycles. The maximum atomic E-state index is 13.5. The summed E-state index contributed by atoms with van der Waals surface area (Å²) in [6, 6.07) is 20.5. The van der Waals surface area contributed by atoms with Gasteiger partial charge in [-0.3, -0.25) is 14.0 Å². The molecule has 1 N–H and O–H groups in total. The van der Waals surface area contributed by atoms with Crippen LogP contribution in [0.25, 0.3) is 22.6 Å². The Kier molecular flexibility index (Phi) is 6.74. The summed E-state index contributed by atoms with van der Waals surface area (Å²) in [5.74, 6) is -0.316. The lowest BCUT2D eigenvalue weighted by atomic mass is 10.1. The van der Waals surface area contributed by atoms with Gasteiger partial charge < -0.3 is 10.1 Å². The molecule has 1 unspecified atom stereocenters. The Labute approximate surface area is 218 Å². The van der Waals surface area contributed by atoms with Crippen molar-refractivity contribution in [2.75, 3.05) is 6.61 Å². The molecule has 0 bridgehead atoms. The van der Waals surface area contributed by atoms with Crippen molar-refractivity contribution in [2.45, 2.75) is 26.8 Å². The smallest absolute Gasteiger partial charge is 0.267 e. The number of carbonyl (C=O) groups is 1. The molecule has 0 aliphatic rings. The number of aromatic nitrogens is 4. The third-order valence-electron chi connectivity index (χ3n) is 6.25. The molecule has 1 atom stereocenters. The molecule has 38 heavy (non-hydrogen) atoms. The number of nitrogens with one attached hydrogen (secondary N) is 1. The minimum Gasteiger partial charge on any atom is -0.480 e. The fraction of sp³-hybridized carbons (Fsp3) is 0.172. The Morgan fingerprint density at radius 1 is 1.05 bits per heavy atom. The number of hydrogen-bond acceptors (Lipinski definition) is 5. The van der Waals surface area contributed by atoms with Crippen molar-refractivity contribution in [1.82, 2.24) is 24.5 Å². The molecule has 0 spiro atoms. The van der Waals surface area contributed by atoms with Crippen molar-refractivity contribution in [1.29, 1.82) is 0 Å². The highest BCUT2D eigenvalue weighted by Crippen LogP contribution is 2.24. The molecule has 0 radical (unpaired) electrons. The second kappa shape index (κ2) is 10.3. The van der Waals surface area contributed by atoms with E-state index in [2.05, 4.69) is 15.4 Å². The number of halogens is 1. The summed E-state index contributed by atoms with van der Waals surface area (Å²) in [5.41, 5.74) is 3.70. The lowest BCUT2D eigenvalue weighted by Crippen LogP contribution is -2.31.